The summed E-state index contributed by atoms with van der Waals surface area (Å²) in [6.45, 7) is 1.86. The van der Waals surface area contributed by atoms with Crippen molar-refractivity contribution in [2.45, 2.75) is 13.5 Å². The molecule has 0 atom stereocenters. The highest BCUT2D eigenvalue weighted by atomic mass is 32.1. The van der Waals surface area contributed by atoms with Crippen LogP contribution in [-0.2, 0) is 11.3 Å². The number of carbonyl (C=O) groups is 2. The number of aromatic amines is 1. The van der Waals surface area contributed by atoms with Gasteiger partial charge in [0.2, 0.25) is 5.91 Å². The van der Waals surface area contributed by atoms with Crippen LogP contribution in [-0.4, -0.2) is 21.8 Å². The van der Waals surface area contributed by atoms with Gasteiger partial charge in [0.1, 0.15) is 11.6 Å². The van der Waals surface area contributed by atoms with Crippen LogP contribution in [0, 0.1) is 5.82 Å². The zero-order valence-corrected chi connectivity index (χ0v) is 16.3. The predicted molar refractivity (Wildman–Crippen MR) is 111 cm³/mol. The third-order valence-electron chi connectivity index (χ3n) is 4.26. The number of rotatable bonds is 5. The van der Waals surface area contributed by atoms with E-state index in [4.69, 9.17) is 0 Å². The van der Waals surface area contributed by atoms with Crippen LogP contribution >= 0.6 is 11.3 Å². The normalized spacial score (nSPS) is 10.8. The van der Waals surface area contributed by atoms with Crippen molar-refractivity contribution in [2.24, 2.45) is 0 Å². The summed E-state index contributed by atoms with van der Waals surface area (Å²) < 4.78 is 13.3. The predicted octanol–water partition coefficient (Wildman–Crippen LogP) is 4.32. The molecule has 6 nitrogen and oxygen atoms in total. The number of aromatic nitrogens is 2. The SMILES string of the molecule is CC(=O)NCc1ccc(C(=O)Nc2ccc(-c3nc4ccc(F)cc4[nH]3)cc2)s1. The summed E-state index contributed by atoms with van der Waals surface area (Å²) in [4.78, 5) is 32.4. The number of imidazole rings is 1. The van der Waals surface area contributed by atoms with Crippen molar-refractivity contribution in [3.63, 3.8) is 0 Å². The smallest absolute Gasteiger partial charge is 0.265 e. The number of benzene rings is 2. The molecule has 2 aromatic heterocycles. The van der Waals surface area contributed by atoms with Gasteiger partial charge in [0.15, 0.2) is 0 Å². The van der Waals surface area contributed by atoms with Crippen LogP contribution in [0.25, 0.3) is 22.4 Å². The topological polar surface area (TPSA) is 86.9 Å². The lowest BCUT2D eigenvalue weighted by molar-refractivity contribution is -0.119. The van der Waals surface area contributed by atoms with Crippen molar-refractivity contribution < 1.29 is 14.0 Å². The summed E-state index contributed by atoms with van der Waals surface area (Å²) in [6, 6.07) is 15.2. The van der Waals surface area contributed by atoms with E-state index in [9.17, 15) is 14.0 Å². The second-order valence-electron chi connectivity index (χ2n) is 6.45. The summed E-state index contributed by atoms with van der Waals surface area (Å²) in [6.07, 6.45) is 0. The number of anilines is 1. The van der Waals surface area contributed by atoms with Crippen molar-refractivity contribution in [2.75, 3.05) is 5.32 Å². The largest absolute Gasteiger partial charge is 0.351 e. The highest BCUT2D eigenvalue weighted by Gasteiger charge is 2.11. The maximum atomic E-state index is 13.3. The molecule has 0 aliphatic carbocycles. The second kappa shape index (κ2) is 7.84. The monoisotopic (exact) mass is 408 g/mol. The second-order valence-corrected chi connectivity index (χ2v) is 7.62. The van der Waals surface area contributed by atoms with Gasteiger partial charge >= 0.3 is 0 Å². The number of hydrogen-bond acceptors (Lipinski definition) is 4. The van der Waals surface area contributed by atoms with Crippen LogP contribution in [0.5, 0.6) is 0 Å². The molecule has 0 aliphatic rings. The molecule has 8 heteroatoms. The molecule has 0 unspecified atom stereocenters. The molecule has 2 amide bonds. The molecule has 3 N–H and O–H groups in total. The van der Waals surface area contributed by atoms with E-state index in [1.54, 1.807) is 24.3 Å². The van der Waals surface area contributed by atoms with Gasteiger partial charge in [-0.2, -0.15) is 0 Å². The van der Waals surface area contributed by atoms with Gasteiger partial charge in [0.05, 0.1) is 22.5 Å². The highest BCUT2D eigenvalue weighted by Crippen LogP contribution is 2.23. The van der Waals surface area contributed by atoms with Gasteiger partial charge in [-0.25, -0.2) is 9.37 Å². The van der Waals surface area contributed by atoms with E-state index in [-0.39, 0.29) is 17.6 Å². The maximum Gasteiger partial charge on any atom is 0.265 e. The molecule has 0 aliphatic heterocycles. The molecule has 0 bridgehead atoms. The molecule has 0 saturated heterocycles. The molecule has 0 saturated carbocycles. The minimum atomic E-state index is -0.320. The minimum absolute atomic E-state index is 0.112. The number of amides is 2. The number of hydrogen-bond donors (Lipinski definition) is 3. The number of nitrogens with one attached hydrogen (secondary N) is 3. The quantitative estimate of drug-likeness (QED) is 0.460. The van der Waals surface area contributed by atoms with Crippen molar-refractivity contribution in [3.8, 4) is 11.4 Å². The van der Waals surface area contributed by atoms with Gasteiger partial charge in [0.25, 0.3) is 5.91 Å². The van der Waals surface area contributed by atoms with Gasteiger partial charge < -0.3 is 15.6 Å². The van der Waals surface area contributed by atoms with Gasteiger partial charge in [-0.3, -0.25) is 9.59 Å². The molecular formula is C21H17FN4O2S. The van der Waals surface area contributed by atoms with E-state index < -0.39 is 0 Å². The number of fused-ring (bicyclic) bond motifs is 1. The molecule has 0 fully saturated rings. The Morgan fingerprint density at radius 2 is 1.90 bits per heavy atom. The third-order valence-corrected chi connectivity index (χ3v) is 5.34. The number of carbonyl (C=O) groups excluding carboxylic acids is 2. The maximum absolute atomic E-state index is 13.3. The fraction of sp³-hybridized carbons (Fsp3) is 0.0952. The summed E-state index contributed by atoms with van der Waals surface area (Å²) >= 11 is 1.33. The lowest BCUT2D eigenvalue weighted by atomic mass is 10.2. The first-order valence-electron chi connectivity index (χ1n) is 8.88. The first kappa shape index (κ1) is 18.8. The van der Waals surface area contributed by atoms with Crippen LogP contribution < -0.4 is 10.6 Å². The fourth-order valence-electron chi connectivity index (χ4n) is 2.83. The zero-order chi connectivity index (χ0) is 20.4. The summed E-state index contributed by atoms with van der Waals surface area (Å²) in [5.74, 6) is -0.0148. The first-order valence-corrected chi connectivity index (χ1v) is 9.70. The van der Waals surface area contributed by atoms with Crippen LogP contribution in [0.1, 0.15) is 21.5 Å². The minimum Gasteiger partial charge on any atom is -0.351 e. The van der Waals surface area contributed by atoms with Gasteiger partial charge in [-0.1, -0.05) is 0 Å². The van der Waals surface area contributed by atoms with Gasteiger partial charge in [0, 0.05) is 23.1 Å². The van der Waals surface area contributed by atoms with E-state index >= 15 is 0 Å². The van der Waals surface area contributed by atoms with Gasteiger partial charge in [-0.15, -0.1) is 11.3 Å². The molecule has 2 aromatic carbocycles. The molecule has 4 aromatic rings. The molecular weight excluding hydrogens is 391 g/mol. The standard InChI is InChI=1S/C21H17FN4O2S/c1-12(27)23-11-16-7-9-19(29-16)21(28)24-15-5-2-13(3-6-15)20-25-17-8-4-14(22)10-18(17)26-20/h2-10H,11H2,1H3,(H,23,27)(H,24,28)(H,25,26). The fourth-order valence-corrected chi connectivity index (χ4v) is 3.67. The van der Waals surface area contributed by atoms with Crippen LogP contribution in [0.15, 0.2) is 54.6 Å². The number of halogens is 1. The highest BCUT2D eigenvalue weighted by molar-refractivity contribution is 7.14. The lowest BCUT2D eigenvalue weighted by Crippen LogP contribution is -2.18. The Labute approximate surface area is 169 Å². The van der Waals surface area contributed by atoms with Crippen molar-refractivity contribution in [3.05, 3.63) is 70.2 Å². The Bertz CT molecular complexity index is 1200. The third kappa shape index (κ3) is 4.33. The molecule has 0 spiro atoms. The number of H-pyrrole nitrogens is 1. The van der Waals surface area contributed by atoms with Gasteiger partial charge in [-0.05, 0) is 54.6 Å². The van der Waals surface area contributed by atoms with E-state index in [1.807, 2.05) is 18.2 Å². The van der Waals surface area contributed by atoms with Crippen molar-refractivity contribution in [1.29, 1.82) is 0 Å². The summed E-state index contributed by atoms with van der Waals surface area (Å²) in [5.41, 5.74) is 2.79. The summed E-state index contributed by atoms with van der Waals surface area (Å²) in [7, 11) is 0. The van der Waals surface area contributed by atoms with E-state index in [1.165, 1.54) is 30.4 Å². The number of thiophene rings is 1. The summed E-state index contributed by atoms with van der Waals surface area (Å²) in [5, 5.41) is 5.56. The Hall–Kier alpha value is -3.52. The lowest BCUT2D eigenvalue weighted by Gasteiger charge is -2.04. The van der Waals surface area contributed by atoms with E-state index in [0.717, 1.165) is 10.4 Å². The Morgan fingerprint density at radius 1 is 1.10 bits per heavy atom. The van der Waals surface area contributed by atoms with Crippen molar-refractivity contribution in [1.82, 2.24) is 15.3 Å². The Kier molecular flexibility index (Phi) is 5.09. The molecule has 2 heterocycles. The number of nitrogens with zero attached hydrogens (tertiary/aromatic N) is 1. The molecule has 4 rings (SSSR count). The van der Waals surface area contributed by atoms with E-state index in [0.29, 0.717) is 34.0 Å². The average molecular weight is 408 g/mol. The zero-order valence-electron chi connectivity index (χ0n) is 15.5. The molecule has 0 radical (unpaired) electrons. The Balaban J connectivity index is 1.45. The molecule has 146 valence electrons. The first-order chi connectivity index (χ1) is 14.0. The van der Waals surface area contributed by atoms with Crippen LogP contribution in [0.2, 0.25) is 0 Å². The average Bonchev–Trinajstić information content (AvgIpc) is 3.33. The molecule has 29 heavy (non-hydrogen) atoms. The van der Waals surface area contributed by atoms with Crippen LogP contribution in [0.4, 0.5) is 10.1 Å². The van der Waals surface area contributed by atoms with E-state index in [2.05, 4.69) is 20.6 Å². The van der Waals surface area contributed by atoms with Crippen molar-refractivity contribution >= 4 is 39.9 Å². The Morgan fingerprint density at radius 3 is 2.66 bits per heavy atom. The van der Waals surface area contributed by atoms with Crippen LogP contribution in [0.3, 0.4) is 0 Å².